The van der Waals surface area contributed by atoms with Gasteiger partial charge in [0.05, 0.1) is 5.56 Å². The van der Waals surface area contributed by atoms with E-state index in [1.165, 1.54) is 6.42 Å². The molecule has 4 nitrogen and oxygen atoms in total. The first-order chi connectivity index (χ1) is 8.86. The number of nitrogens with zero attached hydrogens (tertiary/aromatic N) is 1. The number of ether oxygens (including phenoxy) is 1. The largest absolute Gasteiger partial charge is 0.456 e. The Morgan fingerprint density at radius 2 is 2.11 bits per heavy atom. The zero-order valence-corrected chi connectivity index (χ0v) is 11.9. The molecule has 0 spiro atoms. The number of nitrogens with two attached hydrogens (primary N) is 1. The first-order valence-corrected chi connectivity index (χ1v) is 6.76. The summed E-state index contributed by atoms with van der Waals surface area (Å²) in [6, 6.07) is 3.69. The third kappa shape index (κ3) is 2.95. The Morgan fingerprint density at radius 1 is 1.42 bits per heavy atom. The summed E-state index contributed by atoms with van der Waals surface area (Å²) < 4.78 is 5.31. The summed E-state index contributed by atoms with van der Waals surface area (Å²) in [5.74, 6) is -0.332. The first kappa shape index (κ1) is 14.0. The highest BCUT2D eigenvalue weighted by Gasteiger charge is 2.38. The van der Waals surface area contributed by atoms with Crippen molar-refractivity contribution >= 4 is 5.97 Å². The highest BCUT2D eigenvalue weighted by Crippen LogP contribution is 2.41. The van der Waals surface area contributed by atoms with Crippen molar-refractivity contribution in [2.24, 2.45) is 5.73 Å². The summed E-state index contributed by atoms with van der Waals surface area (Å²) in [5, 5.41) is 0. The predicted octanol–water partition coefficient (Wildman–Crippen LogP) is 2.42. The van der Waals surface area contributed by atoms with Crippen LogP contribution in [-0.2, 0) is 10.2 Å². The molecular formula is C15H22N2O2. The van der Waals surface area contributed by atoms with Gasteiger partial charge in [-0.3, -0.25) is 4.98 Å². The minimum absolute atomic E-state index is 0.0342. The summed E-state index contributed by atoms with van der Waals surface area (Å²) in [7, 11) is 0. The number of carbonyl (C=O) groups is 1. The van der Waals surface area contributed by atoms with Gasteiger partial charge in [-0.05, 0) is 45.7 Å². The molecule has 1 aromatic heterocycles. The average molecular weight is 262 g/mol. The fraction of sp³-hybridized carbons (Fsp3) is 0.600. The van der Waals surface area contributed by atoms with Crippen molar-refractivity contribution in [3.8, 4) is 0 Å². The lowest BCUT2D eigenvalue weighted by atomic mass is 9.66. The molecule has 0 aromatic carbocycles. The Hall–Kier alpha value is -1.42. The Labute approximate surface area is 114 Å². The summed E-state index contributed by atoms with van der Waals surface area (Å²) in [5.41, 5.74) is 6.89. The van der Waals surface area contributed by atoms with Crippen molar-refractivity contribution in [1.82, 2.24) is 4.98 Å². The maximum Gasteiger partial charge on any atom is 0.340 e. The third-order valence-corrected chi connectivity index (χ3v) is 3.64. The van der Waals surface area contributed by atoms with Crippen LogP contribution >= 0.6 is 0 Å². The number of pyridine rings is 1. The van der Waals surface area contributed by atoms with Crippen LogP contribution in [-0.4, -0.2) is 23.1 Å². The first-order valence-electron chi connectivity index (χ1n) is 6.76. The summed E-state index contributed by atoms with van der Waals surface area (Å²) in [4.78, 5) is 16.3. The van der Waals surface area contributed by atoms with Gasteiger partial charge in [0.15, 0.2) is 0 Å². The normalized spacial score (nSPS) is 17.7. The number of rotatable bonds is 3. The topological polar surface area (TPSA) is 65.2 Å². The SMILES string of the molecule is CC(C)(C)OC(=O)c1ccc(C2(CN)CCC2)nc1. The lowest BCUT2D eigenvalue weighted by Gasteiger charge is -2.40. The molecule has 0 bridgehead atoms. The molecule has 0 amide bonds. The summed E-state index contributed by atoms with van der Waals surface area (Å²) >= 11 is 0. The smallest absolute Gasteiger partial charge is 0.340 e. The van der Waals surface area contributed by atoms with E-state index in [-0.39, 0.29) is 11.4 Å². The molecule has 2 rings (SSSR count). The fourth-order valence-electron chi connectivity index (χ4n) is 2.33. The van der Waals surface area contributed by atoms with E-state index in [2.05, 4.69) is 4.98 Å². The van der Waals surface area contributed by atoms with Crippen molar-refractivity contribution in [3.63, 3.8) is 0 Å². The molecule has 1 heterocycles. The molecule has 1 aliphatic rings. The van der Waals surface area contributed by atoms with Gasteiger partial charge >= 0.3 is 5.97 Å². The van der Waals surface area contributed by atoms with Gasteiger partial charge in [0, 0.05) is 23.9 Å². The average Bonchev–Trinajstić information content (AvgIpc) is 2.27. The Morgan fingerprint density at radius 3 is 2.47 bits per heavy atom. The molecule has 4 heteroatoms. The Bertz CT molecular complexity index is 451. The van der Waals surface area contributed by atoms with Crippen molar-refractivity contribution < 1.29 is 9.53 Å². The molecule has 1 aliphatic carbocycles. The van der Waals surface area contributed by atoms with Crippen molar-refractivity contribution in [2.45, 2.75) is 51.0 Å². The highest BCUT2D eigenvalue weighted by molar-refractivity contribution is 5.89. The predicted molar refractivity (Wildman–Crippen MR) is 74.0 cm³/mol. The maximum atomic E-state index is 11.9. The molecule has 1 saturated carbocycles. The van der Waals surface area contributed by atoms with E-state index in [0.29, 0.717) is 12.1 Å². The summed E-state index contributed by atoms with van der Waals surface area (Å²) in [6.07, 6.45) is 4.97. The van der Waals surface area contributed by atoms with Crippen LogP contribution in [0.5, 0.6) is 0 Å². The zero-order chi connectivity index (χ0) is 14.1. The number of hydrogen-bond acceptors (Lipinski definition) is 4. The molecule has 0 radical (unpaired) electrons. The highest BCUT2D eigenvalue weighted by atomic mass is 16.6. The van der Waals surface area contributed by atoms with Gasteiger partial charge < -0.3 is 10.5 Å². The van der Waals surface area contributed by atoms with Gasteiger partial charge in [-0.25, -0.2) is 4.79 Å². The molecule has 1 fully saturated rings. The Kier molecular flexibility index (Phi) is 3.63. The fourth-order valence-corrected chi connectivity index (χ4v) is 2.33. The van der Waals surface area contributed by atoms with Gasteiger partial charge in [0.25, 0.3) is 0 Å². The number of aromatic nitrogens is 1. The van der Waals surface area contributed by atoms with Crippen molar-refractivity contribution in [1.29, 1.82) is 0 Å². The maximum absolute atomic E-state index is 11.9. The van der Waals surface area contributed by atoms with Crippen LogP contribution in [0.1, 0.15) is 56.1 Å². The molecule has 19 heavy (non-hydrogen) atoms. The molecule has 2 N–H and O–H groups in total. The molecule has 0 saturated heterocycles. The van der Waals surface area contributed by atoms with E-state index in [9.17, 15) is 4.79 Å². The lowest BCUT2D eigenvalue weighted by molar-refractivity contribution is 0.00689. The van der Waals surface area contributed by atoms with E-state index in [0.717, 1.165) is 18.5 Å². The van der Waals surface area contributed by atoms with Gasteiger partial charge in [-0.2, -0.15) is 0 Å². The van der Waals surface area contributed by atoms with Crippen molar-refractivity contribution in [3.05, 3.63) is 29.6 Å². The van der Waals surface area contributed by atoms with E-state index >= 15 is 0 Å². The van der Waals surface area contributed by atoms with Crippen LogP contribution in [0, 0.1) is 0 Å². The lowest BCUT2D eigenvalue weighted by Crippen LogP contribution is -2.42. The van der Waals surface area contributed by atoms with Crippen LogP contribution in [0.15, 0.2) is 18.3 Å². The minimum Gasteiger partial charge on any atom is -0.456 e. The van der Waals surface area contributed by atoms with E-state index in [1.807, 2.05) is 26.8 Å². The molecular weight excluding hydrogens is 240 g/mol. The minimum atomic E-state index is -0.484. The monoisotopic (exact) mass is 262 g/mol. The standard InChI is InChI=1S/C15H22N2O2/c1-14(2,3)19-13(18)11-5-6-12(17-9-11)15(10-16)7-4-8-15/h5-6,9H,4,7-8,10,16H2,1-3H3. The van der Waals surface area contributed by atoms with Crippen molar-refractivity contribution in [2.75, 3.05) is 6.54 Å². The van der Waals surface area contributed by atoms with Gasteiger partial charge in [0.2, 0.25) is 0 Å². The summed E-state index contributed by atoms with van der Waals surface area (Å²) in [6.45, 7) is 6.17. The third-order valence-electron chi connectivity index (χ3n) is 3.64. The molecule has 0 aliphatic heterocycles. The molecule has 104 valence electrons. The van der Waals surface area contributed by atoms with Gasteiger partial charge in [-0.1, -0.05) is 6.42 Å². The van der Waals surface area contributed by atoms with E-state index in [4.69, 9.17) is 10.5 Å². The van der Waals surface area contributed by atoms with Crippen LogP contribution in [0.2, 0.25) is 0 Å². The second-order valence-electron chi connectivity index (χ2n) is 6.27. The van der Waals surface area contributed by atoms with Crippen LogP contribution in [0.25, 0.3) is 0 Å². The Balaban J connectivity index is 2.12. The van der Waals surface area contributed by atoms with E-state index in [1.54, 1.807) is 12.3 Å². The second kappa shape index (κ2) is 4.93. The van der Waals surface area contributed by atoms with Gasteiger partial charge in [0.1, 0.15) is 5.60 Å². The van der Waals surface area contributed by atoms with Crippen LogP contribution in [0.3, 0.4) is 0 Å². The zero-order valence-electron chi connectivity index (χ0n) is 11.9. The van der Waals surface area contributed by atoms with Gasteiger partial charge in [-0.15, -0.1) is 0 Å². The van der Waals surface area contributed by atoms with E-state index < -0.39 is 5.60 Å². The molecule has 1 aromatic rings. The quantitative estimate of drug-likeness (QED) is 0.850. The van der Waals surface area contributed by atoms with Crippen LogP contribution in [0.4, 0.5) is 0 Å². The molecule has 0 unspecified atom stereocenters. The number of esters is 1. The van der Waals surface area contributed by atoms with Crippen LogP contribution < -0.4 is 5.73 Å². The number of hydrogen-bond donors (Lipinski definition) is 1. The second-order valence-corrected chi connectivity index (χ2v) is 6.27. The number of carbonyl (C=O) groups excluding carboxylic acids is 1. The molecule has 0 atom stereocenters.